The minimum absolute atomic E-state index is 0. The Hall–Kier alpha value is -1.65. The Kier molecular flexibility index (Phi) is 65.1. The average Bonchev–Trinajstić information content (AvgIpc) is 2.66. The molecule has 0 aliphatic heterocycles. The van der Waals surface area contributed by atoms with Crippen LogP contribution in [0.15, 0.2) is 0 Å². The third kappa shape index (κ3) is 34.3. The first-order valence-electron chi connectivity index (χ1n) is 9.77. The van der Waals surface area contributed by atoms with Crippen molar-refractivity contribution in [2.75, 3.05) is 14.2 Å². The van der Waals surface area contributed by atoms with Gasteiger partial charge in [-0.2, -0.15) is 0 Å². The summed E-state index contributed by atoms with van der Waals surface area (Å²) in [5.41, 5.74) is 0. The van der Waals surface area contributed by atoms with Crippen LogP contribution in [0.25, 0.3) is 0 Å². The van der Waals surface area contributed by atoms with E-state index >= 15 is 0 Å². The molecule has 0 rings (SSSR count). The van der Waals surface area contributed by atoms with Gasteiger partial charge in [0.2, 0.25) is 11.8 Å². The van der Waals surface area contributed by atoms with E-state index < -0.39 is 41.7 Å². The minimum Gasteiger partial charge on any atom is -0.469 e. The maximum atomic E-state index is 12.3. The summed E-state index contributed by atoms with van der Waals surface area (Å²) in [4.78, 5) is 69.8. The van der Waals surface area contributed by atoms with Crippen molar-refractivity contribution >= 4 is 35.6 Å². The fourth-order valence-electron chi connectivity index (χ4n) is 2.76. The van der Waals surface area contributed by atoms with E-state index in [2.05, 4.69) is 27.6 Å². The molecule has 0 spiro atoms. The van der Waals surface area contributed by atoms with Crippen molar-refractivity contribution in [2.24, 2.45) is 0 Å². The number of nitrogens with one attached hydrogen (secondary N) is 3. The summed E-state index contributed by atoms with van der Waals surface area (Å²) in [6.45, 7) is 4.95. The van der Waals surface area contributed by atoms with E-state index in [-0.39, 0.29) is 143 Å². The predicted molar refractivity (Wildman–Crippen MR) is 162 cm³/mol. The van der Waals surface area contributed by atoms with E-state index in [4.69, 9.17) is 0 Å². The summed E-state index contributed by atoms with van der Waals surface area (Å²) in [5.74, 6) is -1.94. The van der Waals surface area contributed by atoms with E-state index in [1.807, 2.05) is 0 Å². The maximum Gasteiger partial charge on any atom is 0.307 e. The Morgan fingerprint density at radius 1 is 0.744 bits per heavy atom. The molecule has 1 radical (unpaired) electrons. The Labute approximate surface area is 267 Å². The van der Waals surface area contributed by atoms with Gasteiger partial charge < -0.3 is 37.2 Å². The first kappa shape index (κ1) is 66.0. The van der Waals surface area contributed by atoms with Crippen molar-refractivity contribution < 1.29 is 66.2 Å². The number of esters is 1. The third-order valence-corrected chi connectivity index (χ3v) is 4.37. The normalized spacial score (nSPS) is 10.3. The molecule has 2 amide bonds. The molecule has 39 heavy (non-hydrogen) atoms. The van der Waals surface area contributed by atoms with Crippen LogP contribution in [-0.4, -0.2) is 67.9 Å². The van der Waals surface area contributed by atoms with Gasteiger partial charge in [0, 0.05) is 82.9 Å². The van der Waals surface area contributed by atoms with E-state index in [1.165, 1.54) is 7.11 Å². The molecule has 0 aromatic rings. The fourth-order valence-corrected chi connectivity index (χ4v) is 2.76. The van der Waals surface area contributed by atoms with Crippen molar-refractivity contribution in [3.63, 3.8) is 0 Å². The second kappa shape index (κ2) is 38.5. The molecule has 0 heterocycles. The maximum absolute atomic E-state index is 12.3. The monoisotopic (exact) mass is 643 g/mol. The summed E-state index contributed by atoms with van der Waals surface area (Å²) in [5, 5.41) is 8.03. The predicted octanol–water partition coefficient (Wildman–Crippen LogP) is 4.73. The number of methoxy groups -OCH3 is 1. The molecule has 0 saturated heterocycles. The van der Waals surface area contributed by atoms with Crippen molar-refractivity contribution in [3.05, 3.63) is 6.92 Å². The van der Waals surface area contributed by atoms with Gasteiger partial charge in [0.1, 0.15) is 12.1 Å². The minimum atomic E-state index is -0.761. The first-order chi connectivity index (χ1) is 14.1. The van der Waals surface area contributed by atoms with E-state index in [0.29, 0.717) is 6.29 Å². The summed E-state index contributed by atoms with van der Waals surface area (Å²) < 4.78 is 4.57. The molecule has 10 nitrogen and oxygen atoms in total. The second-order valence-electron chi connectivity index (χ2n) is 6.94. The van der Waals surface area contributed by atoms with Crippen LogP contribution in [-0.2, 0) is 66.2 Å². The van der Waals surface area contributed by atoms with Crippen LogP contribution in [0.4, 0.5) is 0 Å². The summed E-state index contributed by atoms with van der Waals surface area (Å²) in [6, 6.07) is -1.91. The zero-order chi connectivity index (χ0) is 23.1. The number of aldehydes is 1. The van der Waals surface area contributed by atoms with E-state index in [1.54, 1.807) is 14.0 Å². The second-order valence-corrected chi connectivity index (χ2v) is 6.94. The van der Waals surface area contributed by atoms with Crippen LogP contribution in [0.2, 0.25) is 0 Å². The largest absolute Gasteiger partial charge is 0.469 e. The number of hydrogen-bond acceptors (Lipinski definition) is 8. The van der Waals surface area contributed by atoms with Gasteiger partial charge >= 0.3 is 5.97 Å². The van der Waals surface area contributed by atoms with Gasteiger partial charge in [-0.25, -0.2) is 0 Å². The van der Waals surface area contributed by atoms with Crippen molar-refractivity contribution in [3.8, 4) is 0 Å². The molecule has 0 aromatic heterocycles. The van der Waals surface area contributed by atoms with Crippen molar-refractivity contribution in [1.29, 1.82) is 0 Å². The van der Waals surface area contributed by atoms with Crippen molar-refractivity contribution in [1.82, 2.24) is 16.0 Å². The van der Waals surface area contributed by atoms with Gasteiger partial charge in [-0.3, -0.25) is 19.2 Å². The molecule has 0 aromatic carbocycles. The molecule has 237 valence electrons. The fraction of sp³-hybridized carbons (Fsp3) is 0.750. The summed E-state index contributed by atoms with van der Waals surface area (Å²) >= 11 is 0. The summed E-state index contributed by atoms with van der Waals surface area (Å²) in [6.07, 6.45) is 0.434. The van der Waals surface area contributed by atoms with Gasteiger partial charge in [-0.15, -0.1) is 0 Å². The Bertz CT molecular complexity index is 632. The number of carbonyl (C=O) groups excluding carboxylic acids is 6. The van der Waals surface area contributed by atoms with Crippen molar-refractivity contribution in [2.45, 2.75) is 129 Å². The Balaban J connectivity index is -0.000000117. The van der Waals surface area contributed by atoms with Crippen LogP contribution >= 0.6 is 0 Å². The number of Topliss-reactive ketones (excluding diaryl/α,β-unsaturated/α-hetero) is 2. The summed E-state index contributed by atoms with van der Waals surface area (Å²) in [7, 11) is 2.84. The zero-order valence-corrected chi connectivity index (χ0v) is 21.2. The molecule has 3 N–H and O–H groups in total. The molecule has 0 fully saturated rings. The van der Waals surface area contributed by atoms with Crippen LogP contribution in [0.1, 0.15) is 111 Å². The van der Waals surface area contributed by atoms with Crippen LogP contribution in [0.5, 0.6) is 0 Å². The Morgan fingerprint density at radius 3 is 1.54 bits per heavy atom. The van der Waals surface area contributed by atoms with Crippen LogP contribution in [0, 0.1) is 6.92 Å². The first-order valence-corrected chi connectivity index (χ1v) is 9.77. The van der Waals surface area contributed by atoms with E-state index in [9.17, 15) is 28.8 Å². The molecule has 0 aliphatic carbocycles. The number of ketones is 2. The molecular weight excluding hydrogens is 579 g/mol. The molecule has 3 unspecified atom stereocenters. The van der Waals surface area contributed by atoms with Gasteiger partial charge in [-0.05, 0) is 19.3 Å². The zero-order valence-electron chi connectivity index (χ0n) is 18.4. The van der Waals surface area contributed by atoms with Gasteiger partial charge in [0.05, 0.1) is 13.5 Å². The molecular formula is C28H64N3O7Y-. The van der Waals surface area contributed by atoms with Crippen LogP contribution in [0.3, 0.4) is 0 Å². The number of amides is 2. The van der Waals surface area contributed by atoms with Crippen LogP contribution < -0.4 is 16.0 Å². The quantitative estimate of drug-likeness (QED) is 0.124. The van der Waals surface area contributed by atoms with Gasteiger partial charge in [-0.1, -0.05) is 66.3 Å². The van der Waals surface area contributed by atoms with Gasteiger partial charge in [0.15, 0.2) is 0 Å². The van der Waals surface area contributed by atoms with E-state index in [0.717, 1.165) is 0 Å². The standard InChI is InChI=1S/C20H32N3O7.8CH4.Y/c1-5-17(26)9-16(8-13(2)25)23-18(27)10-14(6-7-24)22-19(28)11-15(21-3)12-20(29)30-4;;;;;;;;;/h7,14-16,21H,2,5-6,8-12H2,1,3-4H3,(H,22,28)(H,23,27);8*1H4;/q-1;;;;;;;;;. The molecule has 11 heteroatoms. The number of hydrogen-bond donors (Lipinski definition) is 3. The molecule has 0 aliphatic rings. The average molecular weight is 644 g/mol. The topological polar surface area (TPSA) is 148 Å². The third-order valence-electron chi connectivity index (χ3n) is 4.37. The van der Waals surface area contributed by atoms with Gasteiger partial charge in [0.25, 0.3) is 0 Å². The SMILES string of the molecule is C.C.C.C.C.C.C.C.[CH2-]C(=O)CC(CC(=O)CC)NC(=O)CC(CC=O)NC(=O)CC(CC(=O)OC)NC.[Y]. The number of carbonyl (C=O) groups is 6. The smallest absolute Gasteiger partial charge is 0.307 e. The molecule has 0 bridgehead atoms. The number of ether oxygens (including phenoxy) is 1. The number of rotatable bonds is 16. The molecule has 0 saturated carbocycles. The Morgan fingerprint density at radius 2 is 1.18 bits per heavy atom. The molecule has 3 atom stereocenters.